The van der Waals surface area contributed by atoms with Crippen LogP contribution in [0.3, 0.4) is 0 Å². The summed E-state index contributed by atoms with van der Waals surface area (Å²) in [5, 5.41) is 0. The summed E-state index contributed by atoms with van der Waals surface area (Å²) < 4.78 is 10.5. The van der Waals surface area contributed by atoms with Gasteiger partial charge >= 0.3 is 0 Å². The first-order valence-corrected chi connectivity index (χ1v) is 8.31. The zero-order valence-electron chi connectivity index (χ0n) is 14.9. The lowest BCUT2D eigenvalue weighted by Crippen LogP contribution is -2.51. The van der Waals surface area contributed by atoms with E-state index in [1.54, 1.807) is 30.2 Å². The van der Waals surface area contributed by atoms with Gasteiger partial charge in [0.05, 0.1) is 19.8 Å². The van der Waals surface area contributed by atoms with Crippen LogP contribution >= 0.6 is 0 Å². The Morgan fingerprint density at radius 3 is 2.25 bits per heavy atom. The van der Waals surface area contributed by atoms with Crippen LogP contribution in [0.1, 0.15) is 30.6 Å². The molecule has 6 heteroatoms. The Labute approximate surface area is 143 Å². The number of piperazine rings is 1. The minimum Gasteiger partial charge on any atom is -0.497 e. The average Bonchev–Trinajstić information content (AvgIpc) is 2.65. The number of hydrogen-bond acceptors (Lipinski definition) is 4. The van der Waals surface area contributed by atoms with Crippen LogP contribution in [0.15, 0.2) is 18.2 Å². The van der Waals surface area contributed by atoms with Crippen molar-refractivity contribution in [2.24, 2.45) is 5.92 Å². The molecule has 0 spiro atoms. The second kappa shape index (κ2) is 8.04. The Morgan fingerprint density at radius 1 is 1.08 bits per heavy atom. The van der Waals surface area contributed by atoms with E-state index in [0.29, 0.717) is 43.2 Å². The molecule has 1 saturated heterocycles. The normalized spacial score (nSPS) is 15.8. The van der Waals surface area contributed by atoms with Crippen molar-refractivity contribution in [1.82, 2.24) is 9.80 Å². The molecule has 0 N–H and O–H groups in total. The van der Waals surface area contributed by atoms with Gasteiger partial charge in [0.2, 0.25) is 5.91 Å². The van der Waals surface area contributed by atoms with Crippen LogP contribution in [0.25, 0.3) is 0 Å². The lowest BCUT2D eigenvalue weighted by Gasteiger charge is -2.36. The molecule has 1 aromatic carbocycles. The fourth-order valence-corrected chi connectivity index (χ4v) is 2.76. The number of carbonyl (C=O) groups excluding carboxylic acids is 2. The van der Waals surface area contributed by atoms with E-state index in [9.17, 15) is 9.59 Å². The van der Waals surface area contributed by atoms with Crippen LogP contribution < -0.4 is 9.47 Å². The molecule has 0 aromatic heterocycles. The van der Waals surface area contributed by atoms with Crippen LogP contribution in [0, 0.1) is 5.92 Å². The van der Waals surface area contributed by atoms with E-state index in [-0.39, 0.29) is 17.7 Å². The number of benzene rings is 1. The van der Waals surface area contributed by atoms with Gasteiger partial charge in [0.25, 0.3) is 5.91 Å². The zero-order chi connectivity index (χ0) is 17.7. The van der Waals surface area contributed by atoms with Crippen molar-refractivity contribution in [2.45, 2.75) is 20.3 Å². The summed E-state index contributed by atoms with van der Waals surface area (Å²) in [5.74, 6) is 1.27. The van der Waals surface area contributed by atoms with Crippen molar-refractivity contribution >= 4 is 11.8 Å². The summed E-state index contributed by atoms with van der Waals surface area (Å²) in [5.41, 5.74) is 0.514. The fraction of sp³-hybridized carbons (Fsp3) is 0.556. The Kier molecular flexibility index (Phi) is 6.06. The third-order valence-electron chi connectivity index (χ3n) is 4.55. The van der Waals surface area contributed by atoms with Gasteiger partial charge in [0.15, 0.2) is 0 Å². The zero-order valence-corrected chi connectivity index (χ0v) is 14.9. The molecule has 132 valence electrons. The molecule has 1 heterocycles. The van der Waals surface area contributed by atoms with Crippen LogP contribution in [0.2, 0.25) is 0 Å². The highest BCUT2D eigenvalue weighted by Crippen LogP contribution is 2.26. The molecule has 0 saturated carbocycles. The minimum absolute atomic E-state index is 0.0360. The van der Waals surface area contributed by atoms with Crippen molar-refractivity contribution in [3.63, 3.8) is 0 Å². The van der Waals surface area contributed by atoms with Gasteiger partial charge in [-0.1, -0.05) is 13.8 Å². The van der Waals surface area contributed by atoms with Crippen molar-refractivity contribution in [1.29, 1.82) is 0 Å². The van der Waals surface area contributed by atoms with E-state index in [1.807, 2.05) is 18.7 Å². The predicted molar refractivity (Wildman–Crippen MR) is 91.5 cm³/mol. The lowest BCUT2D eigenvalue weighted by atomic mass is 10.1. The van der Waals surface area contributed by atoms with Gasteiger partial charge in [0.1, 0.15) is 11.5 Å². The molecule has 1 aliphatic rings. The molecule has 6 nitrogen and oxygen atoms in total. The highest BCUT2D eigenvalue weighted by atomic mass is 16.5. The van der Waals surface area contributed by atoms with Gasteiger partial charge in [0, 0.05) is 38.2 Å². The second-order valence-electron chi connectivity index (χ2n) is 5.99. The van der Waals surface area contributed by atoms with Gasteiger partial charge in [-0.2, -0.15) is 0 Å². The summed E-state index contributed by atoms with van der Waals surface area (Å²) in [4.78, 5) is 28.6. The number of methoxy groups -OCH3 is 2. The number of amides is 2. The van der Waals surface area contributed by atoms with Crippen molar-refractivity contribution in [3.05, 3.63) is 23.8 Å². The fourth-order valence-electron chi connectivity index (χ4n) is 2.76. The molecule has 0 bridgehead atoms. The van der Waals surface area contributed by atoms with E-state index < -0.39 is 0 Å². The van der Waals surface area contributed by atoms with Crippen molar-refractivity contribution < 1.29 is 19.1 Å². The largest absolute Gasteiger partial charge is 0.497 e. The summed E-state index contributed by atoms with van der Waals surface area (Å²) in [6.45, 7) is 6.19. The maximum absolute atomic E-state index is 12.7. The third kappa shape index (κ3) is 3.80. The first-order valence-electron chi connectivity index (χ1n) is 8.31. The molecule has 0 aliphatic carbocycles. The SMILES string of the molecule is CC[C@@H](C)C(=O)N1CCN(C(=O)c2ccc(OC)cc2OC)CC1. The second-order valence-corrected chi connectivity index (χ2v) is 5.99. The number of rotatable bonds is 5. The molecule has 24 heavy (non-hydrogen) atoms. The summed E-state index contributed by atoms with van der Waals surface area (Å²) in [7, 11) is 3.11. The van der Waals surface area contributed by atoms with Crippen LogP contribution in [-0.2, 0) is 4.79 Å². The highest BCUT2D eigenvalue weighted by Gasteiger charge is 2.28. The number of hydrogen-bond donors (Lipinski definition) is 0. The molecule has 2 rings (SSSR count). The molecule has 0 unspecified atom stereocenters. The molecule has 1 atom stereocenters. The topological polar surface area (TPSA) is 59.1 Å². The Hall–Kier alpha value is -2.24. The number of ether oxygens (including phenoxy) is 2. The van der Waals surface area contributed by atoms with Gasteiger partial charge in [-0.15, -0.1) is 0 Å². The molecule has 1 fully saturated rings. The average molecular weight is 334 g/mol. The van der Waals surface area contributed by atoms with Gasteiger partial charge in [-0.05, 0) is 18.6 Å². The third-order valence-corrected chi connectivity index (χ3v) is 4.55. The first-order chi connectivity index (χ1) is 11.5. The smallest absolute Gasteiger partial charge is 0.257 e. The van der Waals surface area contributed by atoms with E-state index in [1.165, 1.54) is 7.11 Å². The molecular formula is C18H26N2O4. The van der Waals surface area contributed by atoms with Gasteiger partial charge in [-0.3, -0.25) is 9.59 Å². The van der Waals surface area contributed by atoms with Gasteiger partial charge in [-0.25, -0.2) is 0 Å². The van der Waals surface area contributed by atoms with E-state index >= 15 is 0 Å². The van der Waals surface area contributed by atoms with E-state index in [2.05, 4.69) is 0 Å². The molecule has 1 aromatic rings. The van der Waals surface area contributed by atoms with Crippen molar-refractivity contribution in [2.75, 3.05) is 40.4 Å². The Bertz CT molecular complexity index is 595. The maximum atomic E-state index is 12.7. The monoisotopic (exact) mass is 334 g/mol. The van der Waals surface area contributed by atoms with Crippen LogP contribution in [-0.4, -0.2) is 62.0 Å². The number of carbonyl (C=O) groups is 2. The van der Waals surface area contributed by atoms with E-state index in [4.69, 9.17) is 9.47 Å². The molecule has 2 amide bonds. The minimum atomic E-state index is -0.0786. The highest BCUT2D eigenvalue weighted by molar-refractivity contribution is 5.97. The summed E-state index contributed by atoms with van der Waals surface area (Å²) in [6, 6.07) is 5.17. The van der Waals surface area contributed by atoms with Crippen molar-refractivity contribution in [3.8, 4) is 11.5 Å². The van der Waals surface area contributed by atoms with E-state index in [0.717, 1.165) is 6.42 Å². The Morgan fingerprint density at radius 2 is 1.71 bits per heavy atom. The van der Waals surface area contributed by atoms with Crippen LogP contribution in [0.4, 0.5) is 0 Å². The van der Waals surface area contributed by atoms with Gasteiger partial charge < -0.3 is 19.3 Å². The maximum Gasteiger partial charge on any atom is 0.257 e. The Balaban J connectivity index is 2.04. The van der Waals surface area contributed by atoms with Crippen LogP contribution in [0.5, 0.6) is 11.5 Å². The first kappa shape index (κ1) is 18.1. The lowest BCUT2D eigenvalue weighted by molar-refractivity contribution is -0.136. The molecule has 1 aliphatic heterocycles. The predicted octanol–water partition coefficient (Wildman–Crippen LogP) is 2.03. The quantitative estimate of drug-likeness (QED) is 0.827. The summed E-state index contributed by atoms with van der Waals surface area (Å²) >= 11 is 0. The number of nitrogens with zero attached hydrogens (tertiary/aromatic N) is 2. The molecule has 0 radical (unpaired) electrons. The molecular weight excluding hydrogens is 308 g/mol. The standard InChI is InChI=1S/C18H26N2O4/c1-5-13(2)17(21)19-8-10-20(11-9-19)18(22)15-7-6-14(23-3)12-16(15)24-4/h6-7,12-13H,5,8-11H2,1-4H3/t13-/m1/s1. The summed E-state index contributed by atoms with van der Waals surface area (Å²) in [6.07, 6.45) is 0.834.